The first-order valence-corrected chi connectivity index (χ1v) is 9.26. The molecular formula is C20H25N5O2. The number of benzene rings is 1. The van der Waals surface area contributed by atoms with E-state index < -0.39 is 0 Å². The SMILES string of the molecule is COc1cc(CN2CCC[C@H](c3nn(C)c4nccnc34)C2)cc(OC)c1. The van der Waals surface area contributed by atoms with Crippen molar-refractivity contribution in [3.63, 3.8) is 0 Å². The van der Waals surface area contributed by atoms with Gasteiger partial charge in [0.2, 0.25) is 0 Å². The van der Waals surface area contributed by atoms with Gasteiger partial charge in [-0.3, -0.25) is 4.90 Å². The van der Waals surface area contributed by atoms with E-state index in [0.717, 1.165) is 60.8 Å². The van der Waals surface area contributed by atoms with Crippen LogP contribution in [-0.4, -0.2) is 52.0 Å². The molecule has 27 heavy (non-hydrogen) atoms. The maximum Gasteiger partial charge on any atom is 0.176 e. The lowest BCUT2D eigenvalue weighted by Crippen LogP contribution is -2.34. The Hall–Kier alpha value is -2.67. The molecule has 0 N–H and O–H groups in total. The minimum absolute atomic E-state index is 0.367. The lowest BCUT2D eigenvalue weighted by atomic mass is 9.94. The van der Waals surface area contributed by atoms with Crippen molar-refractivity contribution in [3.8, 4) is 11.5 Å². The highest BCUT2D eigenvalue weighted by molar-refractivity contribution is 5.73. The third-order valence-corrected chi connectivity index (χ3v) is 5.20. The zero-order chi connectivity index (χ0) is 18.8. The Bertz CT molecular complexity index is 917. The monoisotopic (exact) mass is 367 g/mol. The van der Waals surface area contributed by atoms with E-state index in [9.17, 15) is 0 Å². The molecule has 0 bridgehead atoms. The Kier molecular flexibility index (Phi) is 4.94. The van der Waals surface area contributed by atoms with Gasteiger partial charge in [-0.05, 0) is 37.1 Å². The second-order valence-electron chi connectivity index (χ2n) is 7.03. The van der Waals surface area contributed by atoms with Crippen molar-refractivity contribution < 1.29 is 9.47 Å². The second kappa shape index (κ2) is 7.52. The summed E-state index contributed by atoms with van der Waals surface area (Å²) in [6, 6.07) is 6.06. The van der Waals surface area contributed by atoms with Gasteiger partial charge in [-0.1, -0.05) is 0 Å². The van der Waals surface area contributed by atoms with Gasteiger partial charge in [-0.2, -0.15) is 5.10 Å². The van der Waals surface area contributed by atoms with Gasteiger partial charge < -0.3 is 9.47 Å². The molecule has 0 amide bonds. The molecule has 0 radical (unpaired) electrons. The number of nitrogens with zero attached hydrogens (tertiary/aromatic N) is 5. The van der Waals surface area contributed by atoms with Crippen LogP contribution < -0.4 is 9.47 Å². The van der Waals surface area contributed by atoms with E-state index >= 15 is 0 Å². The summed E-state index contributed by atoms with van der Waals surface area (Å²) in [5, 5.41) is 4.73. The van der Waals surface area contributed by atoms with Gasteiger partial charge in [-0.15, -0.1) is 0 Å². The minimum atomic E-state index is 0.367. The molecule has 7 heteroatoms. The largest absolute Gasteiger partial charge is 0.497 e. The molecule has 7 nitrogen and oxygen atoms in total. The molecule has 2 aromatic heterocycles. The fraction of sp³-hybridized carbons (Fsp3) is 0.450. The quantitative estimate of drug-likeness (QED) is 0.691. The molecule has 1 atom stereocenters. The summed E-state index contributed by atoms with van der Waals surface area (Å²) in [5.74, 6) is 2.01. The van der Waals surface area contributed by atoms with Gasteiger partial charge in [0.25, 0.3) is 0 Å². The first kappa shape index (κ1) is 17.7. The third-order valence-electron chi connectivity index (χ3n) is 5.20. The van der Waals surface area contributed by atoms with Gasteiger partial charge in [0.05, 0.1) is 19.9 Å². The highest BCUT2D eigenvalue weighted by atomic mass is 16.5. The molecule has 1 aliphatic heterocycles. The van der Waals surface area contributed by atoms with E-state index in [1.165, 1.54) is 5.56 Å². The Morgan fingerprint density at radius 1 is 1.07 bits per heavy atom. The molecule has 1 saturated heterocycles. The average Bonchev–Trinajstić information content (AvgIpc) is 3.05. The molecule has 0 spiro atoms. The van der Waals surface area contributed by atoms with Crippen LogP contribution in [0.25, 0.3) is 11.2 Å². The van der Waals surface area contributed by atoms with Crippen LogP contribution in [0, 0.1) is 0 Å². The van der Waals surface area contributed by atoms with Crippen molar-refractivity contribution in [1.82, 2.24) is 24.6 Å². The number of fused-ring (bicyclic) bond motifs is 1. The van der Waals surface area contributed by atoms with E-state index in [1.807, 2.05) is 17.8 Å². The number of aryl methyl sites for hydroxylation is 1. The summed E-state index contributed by atoms with van der Waals surface area (Å²) in [6.07, 6.45) is 5.73. The number of hydrogen-bond acceptors (Lipinski definition) is 6. The van der Waals surface area contributed by atoms with Gasteiger partial charge in [0.1, 0.15) is 17.0 Å². The highest BCUT2D eigenvalue weighted by Gasteiger charge is 2.26. The Labute approximate surface area is 158 Å². The molecule has 0 saturated carbocycles. The van der Waals surface area contributed by atoms with Crippen LogP contribution in [0.4, 0.5) is 0 Å². The van der Waals surface area contributed by atoms with Gasteiger partial charge >= 0.3 is 0 Å². The number of methoxy groups -OCH3 is 2. The Balaban J connectivity index is 1.55. The van der Waals surface area contributed by atoms with Gasteiger partial charge in [0.15, 0.2) is 5.65 Å². The topological polar surface area (TPSA) is 65.3 Å². The lowest BCUT2D eigenvalue weighted by Gasteiger charge is -2.32. The summed E-state index contributed by atoms with van der Waals surface area (Å²) in [4.78, 5) is 11.4. The van der Waals surface area contributed by atoms with Crippen molar-refractivity contribution in [1.29, 1.82) is 0 Å². The minimum Gasteiger partial charge on any atom is -0.497 e. The van der Waals surface area contributed by atoms with E-state index in [-0.39, 0.29) is 0 Å². The standard InChI is InChI=1S/C20H25N5O2/c1-24-20-19(21-6-7-22-20)18(23-24)15-5-4-8-25(13-15)12-14-9-16(26-2)11-17(10-14)27-3/h6-7,9-11,15H,4-5,8,12-13H2,1-3H3/t15-/m0/s1. The van der Waals surface area contributed by atoms with Crippen LogP contribution in [0.2, 0.25) is 0 Å². The van der Waals surface area contributed by atoms with Crippen LogP contribution in [0.5, 0.6) is 11.5 Å². The summed E-state index contributed by atoms with van der Waals surface area (Å²) in [5.41, 5.74) is 4.03. The van der Waals surface area contributed by atoms with Crippen LogP contribution in [0.3, 0.4) is 0 Å². The Morgan fingerprint density at radius 3 is 2.56 bits per heavy atom. The lowest BCUT2D eigenvalue weighted by molar-refractivity contribution is 0.198. The summed E-state index contributed by atoms with van der Waals surface area (Å²) in [7, 11) is 5.30. The zero-order valence-corrected chi connectivity index (χ0v) is 16.1. The molecule has 1 aliphatic rings. The van der Waals surface area contributed by atoms with E-state index in [0.29, 0.717) is 5.92 Å². The van der Waals surface area contributed by atoms with Crippen molar-refractivity contribution in [2.24, 2.45) is 7.05 Å². The summed E-state index contributed by atoms with van der Waals surface area (Å²) >= 11 is 0. The summed E-state index contributed by atoms with van der Waals surface area (Å²) < 4.78 is 12.6. The van der Waals surface area contributed by atoms with Gasteiger partial charge in [-0.25, -0.2) is 14.6 Å². The number of piperidine rings is 1. The maximum atomic E-state index is 5.40. The second-order valence-corrected chi connectivity index (χ2v) is 7.03. The molecule has 0 aliphatic carbocycles. The van der Waals surface area contributed by atoms with Crippen LogP contribution >= 0.6 is 0 Å². The highest BCUT2D eigenvalue weighted by Crippen LogP contribution is 2.31. The first-order chi connectivity index (χ1) is 13.2. The molecule has 1 fully saturated rings. The number of aromatic nitrogens is 4. The number of likely N-dealkylation sites (tertiary alicyclic amines) is 1. The maximum absolute atomic E-state index is 5.40. The third kappa shape index (κ3) is 3.60. The van der Waals surface area contributed by atoms with E-state index in [4.69, 9.17) is 14.6 Å². The molecule has 3 heterocycles. The summed E-state index contributed by atoms with van der Waals surface area (Å²) in [6.45, 7) is 2.90. The molecule has 3 aromatic rings. The van der Waals surface area contributed by atoms with Crippen molar-refractivity contribution in [2.45, 2.75) is 25.3 Å². The number of ether oxygens (including phenoxy) is 2. The fourth-order valence-electron chi connectivity index (χ4n) is 3.92. The first-order valence-electron chi connectivity index (χ1n) is 9.26. The van der Waals surface area contributed by atoms with Crippen LogP contribution in [-0.2, 0) is 13.6 Å². The smallest absolute Gasteiger partial charge is 0.176 e. The van der Waals surface area contributed by atoms with E-state index in [2.05, 4.69) is 27.0 Å². The molecule has 1 aromatic carbocycles. The number of rotatable bonds is 5. The molecule has 0 unspecified atom stereocenters. The normalized spacial score (nSPS) is 18.0. The average molecular weight is 367 g/mol. The number of hydrogen-bond donors (Lipinski definition) is 0. The van der Waals surface area contributed by atoms with Crippen LogP contribution in [0.1, 0.15) is 30.0 Å². The zero-order valence-electron chi connectivity index (χ0n) is 16.1. The van der Waals surface area contributed by atoms with Crippen molar-refractivity contribution >= 4 is 11.2 Å². The van der Waals surface area contributed by atoms with Crippen molar-refractivity contribution in [2.75, 3.05) is 27.3 Å². The fourth-order valence-corrected chi connectivity index (χ4v) is 3.92. The van der Waals surface area contributed by atoms with Gasteiger partial charge in [0, 0.05) is 44.5 Å². The predicted octanol–water partition coefficient (Wildman–Crippen LogP) is 2.76. The van der Waals surface area contributed by atoms with Crippen LogP contribution in [0.15, 0.2) is 30.6 Å². The van der Waals surface area contributed by atoms with E-state index in [1.54, 1.807) is 26.6 Å². The molecule has 4 rings (SSSR count). The Morgan fingerprint density at radius 2 is 1.81 bits per heavy atom. The van der Waals surface area contributed by atoms with Crippen molar-refractivity contribution in [3.05, 3.63) is 41.9 Å². The predicted molar refractivity (Wildman–Crippen MR) is 103 cm³/mol. The molecular weight excluding hydrogens is 342 g/mol. The molecule has 142 valence electrons.